The smallest absolute Gasteiger partial charge is 0.335 e. The molecule has 0 spiro atoms. The van der Waals surface area contributed by atoms with Gasteiger partial charge in [0.15, 0.2) is 9.84 Å². The highest BCUT2D eigenvalue weighted by molar-refractivity contribution is 7.91. The Hall–Kier alpha value is -1.60. The lowest BCUT2D eigenvalue weighted by Gasteiger charge is -2.17. The molecule has 7 heteroatoms. The van der Waals surface area contributed by atoms with Crippen molar-refractivity contribution in [1.29, 1.82) is 0 Å². The zero-order valence-electron chi connectivity index (χ0n) is 11.6. The van der Waals surface area contributed by atoms with Crippen LogP contribution < -0.4 is 4.74 Å². The van der Waals surface area contributed by atoms with E-state index >= 15 is 0 Å². The van der Waals surface area contributed by atoms with E-state index in [0.29, 0.717) is 0 Å². The average Bonchev–Trinajstić information content (AvgIpc) is 2.35. The Morgan fingerprint density at radius 3 is 2.40 bits per heavy atom. The van der Waals surface area contributed by atoms with Gasteiger partial charge in [0.2, 0.25) is 0 Å². The van der Waals surface area contributed by atoms with Crippen molar-refractivity contribution in [2.24, 2.45) is 0 Å². The monoisotopic (exact) mass is 302 g/mol. The van der Waals surface area contributed by atoms with Crippen LogP contribution in [0.5, 0.6) is 5.75 Å². The molecule has 1 aromatic carbocycles. The van der Waals surface area contributed by atoms with Crippen LogP contribution >= 0.6 is 0 Å². The number of benzene rings is 1. The molecule has 0 unspecified atom stereocenters. The molecular formula is C13H18O6S. The maximum Gasteiger partial charge on any atom is 0.335 e. The van der Waals surface area contributed by atoms with Gasteiger partial charge in [0, 0.05) is 0 Å². The van der Waals surface area contributed by atoms with Gasteiger partial charge < -0.3 is 14.9 Å². The van der Waals surface area contributed by atoms with Crippen LogP contribution in [0.2, 0.25) is 0 Å². The molecule has 112 valence electrons. The standard InChI is InChI=1S/C13H18O6S/c1-13(2,16)6-7-20(17,18)11-8-9(12(14)15)4-5-10(11)19-3/h4-5,8,16H,6-7H2,1-3H3,(H,14,15). The molecule has 1 rings (SSSR count). The number of methoxy groups -OCH3 is 1. The van der Waals surface area contributed by atoms with Gasteiger partial charge in [-0.15, -0.1) is 0 Å². The molecule has 0 heterocycles. The summed E-state index contributed by atoms with van der Waals surface area (Å²) in [7, 11) is -2.43. The third-order valence-corrected chi connectivity index (χ3v) is 4.46. The molecule has 0 saturated carbocycles. The first-order valence-electron chi connectivity index (χ1n) is 5.93. The molecule has 0 atom stereocenters. The molecule has 2 N–H and O–H groups in total. The van der Waals surface area contributed by atoms with E-state index in [2.05, 4.69) is 0 Å². The molecule has 20 heavy (non-hydrogen) atoms. The summed E-state index contributed by atoms with van der Waals surface area (Å²) in [4.78, 5) is 10.7. The van der Waals surface area contributed by atoms with Crippen molar-refractivity contribution in [2.45, 2.75) is 30.8 Å². The molecule has 6 nitrogen and oxygen atoms in total. The van der Waals surface area contributed by atoms with Crippen molar-refractivity contribution in [3.05, 3.63) is 23.8 Å². The van der Waals surface area contributed by atoms with Crippen LogP contribution in [0.3, 0.4) is 0 Å². The number of rotatable bonds is 6. The lowest BCUT2D eigenvalue weighted by Crippen LogP contribution is -2.23. The van der Waals surface area contributed by atoms with Crippen LogP contribution in [0, 0.1) is 0 Å². The highest BCUT2D eigenvalue weighted by Crippen LogP contribution is 2.27. The first-order chi connectivity index (χ1) is 9.07. The fraction of sp³-hybridized carbons (Fsp3) is 0.462. The van der Waals surface area contributed by atoms with Crippen molar-refractivity contribution in [1.82, 2.24) is 0 Å². The highest BCUT2D eigenvalue weighted by Gasteiger charge is 2.24. The Kier molecular flexibility index (Phi) is 4.77. The molecule has 0 aliphatic carbocycles. The number of aromatic carboxylic acids is 1. The van der Waals surface area contributed by atoms with Crippen molar-refractivity contribution in [2.75, 3.05) is 12.9 Å². The SMILES string of the molecule is COc1ccc(C(=O)O)cc1S(=O)(=O)CCC(C)(C)O. The number of carboxylic acids is 1. The largest absolute Gasteiger partial charge is 0.495 e. The Morgan fingerprint density at radius 1 is 1.35 bits per heavy atom. The molecule has 0 aromatic heterocycles. The molecule has 0 radical (unpaired) electrons. The second-order valence-electron chi connectivity index (χ2n) is 5.05. The van der Waals surface area contributed by atoms with Crippen molar-refractivity contribution >= 4 is 15.8 Å². The molecule has 0 fully saturated rings. The second kappa shape index (κ2) is 5.80. The summed E-state index contributed by atoms with van der Waals surface area (Å²) in [6.45, 7) is 3.01. The lowest BCUT2D eigenvalue weighted by atomic mass is 10.1. The molecule has 0 aliphatic rings. The zero-order chi connectivity index (χ0) is 15.6. The van der Waals surface area contributed by atoms with Crippen molar-refractivity contribution in [3.63, 3.8) is 0 Å². The van der Waals surface area contributed by atoms with Crippen molar-refractivity contribution < 1.29 is 28.2 Å². The molecule has 0 bridgehead atoms. The quantitative estimate of drug-likeness (QED) is 0.822. The van der Waals surface area contributed by atoms with E-state index in [0.717, 1.165) is 6.07 Å². The molecule has 1 aromatic rings. The van der Waals surface area contributed by atoms with Gasteiger partial charge in [0.1, 0.15) is 10.6 Å². The lowest BCUT2D eigenvalue weighted by molar-refractivity contribution is 0.0695. The van der Waals surface area contributed by atoms with E-state index in [1.165, 1.54) is 33.1 Å². The summed E-state index contributed by atoms with van der Waals surface area (Å²) in [5.41, 5.74) is -1.25. The Morgan fingerprint density at radius 2 is 1.95 bits per heavy atom. The second-order valence-corrected chi connectivity index (χ2v) is 7.13. The summed E-state index contributed by atoms with van der Waals surface area (Å²) < 4.78 is 29.5. The van der Waals surface area contributed by atoms with Crippen LogP contribution in [-0.4, -0.2) is 43.1 Å². The van der Waals surface area contributed by atoms with E-state index in [9.17, 15) is 18.3 Å². The first-order valence-corrected chi connectivity index (χ1v) is 7.58. The summed E-state index contributed by atoms with van der Waals surface area (Å²) in [5, 5.41) is 18.5. The number of sulfone groups is 1. The fourth-order valence-corrected chi connectivity index (χ4v) is 3.30. The number of hydrogen-bond acceptors (Lipinski definition) is 5. The molecular weight excluding hydrogens is 284 g/mol. The summed E-state index contributed by atoms with van der Waals surface area (Å²) in [6, 6.07) is 3.65. The number of carbonyl (C=O) groups is 1. The van der Waals surface area contributed by atoms with E-state index in [-0.39, 0.29) is 28.4 Å². The number of ether oxygens (including phenoxy) is 1. The predicted octanol–water partition coefficient (Wildman–Crippen LogP) is 1.33. The van der Waals surface area contributed by atoms with Crippen LogP contribution in [-0.2, 0) is 9.84 Å². The maximum atomic E-state index is 12.2. The van der Waals surface area contributed by atoms with E-state index in [1.807, 2.05) is 0 Å². The minimum atomic E-state index is -3.74. The zero-order valence-corrected chi connectivity index (χ0v) is 12.4. The number of aliphatic hydroxyl groups is 1. The van der Waals surface area contributed by atoms with Gasteiger partial charge in [0.25, 0.3) is 0 Å². The van der Waals surface area contributed by atoms with Crippen LogP contribution in [0.1, 0.15) is 30.6 Å². The predicted molar refractivity (Wildman–Crippen MR) is 72.9 cm³/mol. The molecule has 0 aliphatic heterocycles. The van der Waals surface area contributed by atoms with Crippen LogP contribution in [0.4, 0.5) is 0 Å². The molecule has 0 saturated heterocycles. The number of hydrogen-bond donors (Lipinski definition) is 2. The summed E-state index contributed by atoms with van der Waals surface area (Å²) in [5.74, 6) is -1.42. The Bertz CT molecular complexity index is 598. The Balaban J connectivity index is 3.21. The van der Waals surface area contributed by atoms with Crippen LogP contribution in [0.25, 0.3) is 0 Å². The topological polar surface area (TPSA) is 101 Å². The maximum absolute atomic E-state index is 12.2. The minimum absolute atomic E-state index is 0.0375. The van der Waals surface area contributed by atoms with Crippen LogP contribution in [0.15, 0.2) is 23.1 Å². The van der Waals surface area contributed by atoms with Gasteiger partial charge in [-0.05, 0) is 38.5 Å². The summed E-state index contributed by atoms with van der Waals surface area (Å²) in [6.07, 6.45) is 0.0375. The molecule has 0 amide bonds. The normalized spacial score (nSPS) is 12.2. The van der Waals surface area contributed by atoms with E-state index < -0.39 is 21.4 Å². The summed E-state index contributed by atoms with van der Waals surface area (Å²) >= 11 is 0. The van der Waals surface area contributed by atoms with Gasteiger partial charge in [-0.3, -0.25) is 0 Å². The van der Waals surface area contributed by atoms with Gasteiger partial charge >= 0.3 is 5.97 Å². The van der Waals surface area contributed by atoms with E-state index in [1.54, 1.807) is 0 Å². The fourth-order valence-electron chi connectivity index (χ4n) is 1.55. The van der Waals surface area contributed by atoms with E-state index in [4.69, 9.17) is 9.84 Å². The third-order valence-electron chi connectivity index (χ3n) is 2.73. The van der Waals surface area contributed by atoms with Gasteiger partial charge in [-0.25, -0.2) is 13.2 Å². The van der Waals surface area contributed by atoms with Crippen molar-refractivity contribution in [3.8, 4) is 5.75 Å². The Labute approximate surface area is 117 Å². The first kappa shape index (κ1) is 16.5. The van der Waals surface area contributed by atoms with Gasteiger partial charge in [-0.1, -0.05) is 0 Å². The number of carboxylic acid groups (broad SMARTS) is 1. The minimum Gasteiger partial charge on any atom is -0.495 e. The van der Waals surface area contributed by atoms with Gasteiger partial charge in [-0.2, -0.15) is 0 Å². The van der Waals surface area contributed by atoms with Gasteiger partial charge in [0.05, 0.1) is 24.0 Å². The highest BCUT2D eigenvalue weighted by atomic mass is 32.2. The third kappa shape index (κ3) is 4.21. The average molecular weight is 302 g/mol.